The Morgan fingerprint density at radius 3 is 2.72 bits per heavy atom. The fourth-order valence-corrected chi connectivity index (χ4v) is 2.34. The lowest BCUT2D eigenvalue weighted by Crippen LogP contribution is -2.40. The van der Waals surface area contributed by atoms with Crippen molar-refractivity contribution in [2.75, 3.05) is 11.4 Å². The topological polar surface area (TPSA) is 41.6 Å². The SMILES string of the molecule is CCCCCC1CN=C(N)N1c1ccc(F)cc1. The molecule has 0 aromatic heterocycles. The van der Waals surface area contributed by atoms with Gasteiger partial charge in [-0.15, -0.1) is 0 Å². The van der Waals surface area contributed by atoms with Gasteiger partial charge in [-0.1, -0.05) is 26.2 Å². The molecule has 0 aliphatic carbocycles. The molecule has 0 amide bonds. The first kappa shape index (κ1) is 12.9. The van der Waals surface area contributed by atoms with E-state index in [-0.39, 0.29) is 5.82 Å². The van der Waals surface area contributed by atoms with Crippen LogP contribution < -0.4 is 10.6 Å². The summed E-state index contributed by atoms with van der Waals surface area (Å²) >= 11 is 0. The number of rotatable bonds is 5. The van der Waals surface area contributed by atoms with Crippen LogP contribution in [0.15, 0.2) is 29.3 Å². The first-order valence-corrected chi connectivity index (χ1v) is 6.57. The average molecular weight is 249 g/mol. The van der Waals surface area contributed by atoms with Crippen molar-refractivity contribution in [2.24, 2.45) is 10.7 Å². The molecule has 0 saturated carbocycles. The Labute approximate surface area is 108 Å². The number of halogens is 1. The summed E-state index contributed by atoms with van der Waals surface area (Å²) in [5, 5.41) is 0. The predicted molar refractivity (Wildman–Crippen MR) is 73.3 cm³/mol. The zero-order chi connectivity index (χ0) is 13.0. The standard InChI is InChI=1S/C14H20FN3/c1-2-3-4-5-13-10-17-14(16)18(13)12-8-6-11(15)7-9-12/h6-9,13H,2-5,10H2,1H3,(H2,16,17). The van der Waals surface area contributed by atoms with Crippen molar-refractivity contribution in [3.8, 4) is 0 Å². The first-order valence-electron chi connectivity index (χ1n) is 6.57. The summed E-state index contributed by atoms with van der Waals surface area (Å²) in [6, 6.07) is 6.77. The number of nitrogens with two attached hydrogens (primary N) is 1. The van der Waals surface area contributed by atoms with Crippen LogP contribution >= 0.6 is 0 Å². The normalized spacial score (nSPS) is 19.1. The molecule has 0 bridgehead atoms. The number of anilines is 1. The van der Waals surface area contributed by atoms with Crippen molar-refractivity contribution < 1.29 is 4.39 Å². The summed E-state index contributed by atoms with van der Waals surface area (Å²) in [5.74, 6) is 0.319. The van der Waals surface area contributed by atoms with Crippen LogP contribution in [0.4, 0.5) is 10.1 Å². The molecular weight excluding hydrogens is 229 g/mol. The molecule has 98 valence electrons. The Morgan fingerprint density at radius 1 is 1.33 bits per heavy atom. The molecule has 0 fully saturated rings. The van der Waals surface area contributed by atoms with Gasteiger partial charge in [0.25, 0.3) is 0 Å². The third-order valence-corrected chi connectivity index (χ3v) is 3.32. The minimum Gasteiger partial charge on any atom is -0.370 e. The Hall–Kier alpha value is -1.58. The van der Waals surface area contributed by atoms with Gasteiger partial charge in [-0.25, -0.2) is 4.39 Å². The smallest absolute Gasteiger partial charge is 0.196 e. The molecule has 1 aliphatic heterocycles. The van der Waals surface area contributed by atoms with E-state index in [1.165, 1.54) is 31.4 Å². The molecule has 4 heteroatoms. The average Bonchev–Trinajstić information content (AvgIpc) is 2.72. The van der Waals surface area contributed by atoms with E-state index in [1.54, 1.807) is 12.1 Å². The number of guanidine groups is 1. The Bertz CT molecular complexity index is 414. The van der Waals surface area contributed by atoms with Crippen LogP contribution in [0.2, 0.25) is 0 Å². The van der Waals surface area contributed by atoms with Crippen molar-refractivity contribution in [3.63, 3.8) is 0 Å². The predicted octanol–water partition coefficient (Wildman–Crippen LogP) is 2.91. The van der Waals surface area contributed by atoms with E-state index in [1.807, 2.05) is 4.90 Å². The number of hydrogen-bond donors (Lipinski definition) is 1. The zero-order valence-corrected chi connectivity index (χ0v) is 10.8. The molecule has 2 rings (SSSR count). The molecule has 3 nitrogen and oxygen atoms in total. The van der Waals surface area contributed by atoms with Gasteiger partial charge in [0.15, 0.2) is 5.96 Å². The second-order valence-electron chi connectivity index (χ2n) is 4.69. The molecule has 1 atom stereocenters. The maximum atomic E-state index is 12.9. The van der Waals surface area contributed by atoms with Gasteiger partial charge < -0.3 is 10.6 Å². The van der Waals surface area contributed by atoms with Crippen molar-refractivity contribution in [3.05, 3.63) is 30.1 Å². The van der Waals surface area contributed by atoms with E-state index in [0.717, 1.165) is 18.7 Å². The van der Waals surface area contributed by atoms with E-state index in [9.17, 15) is 4.39 Å². The van der Waals surface area contributed by atoms with Crippen LogP contribution in [-0.2, 0) is 0 Å². The summed E-state index contributed by atoms with van der Waals surface area (Å²) in [7, 11) is 0. The quantitative estimate of drug-likeness (QED) is 0.815. The van der Waals surface area contributed by atoms with Gasteiger partial charge in [0.05, 0.1) is 12.6 Å². The zero-order valence-electron chi connectivity index (χ0n) is 10.8. The Kier molecular flexibility index (Phi) is 4.18. The van der Waals surface area contributed by atoms with Gasteiger partial charge in [0.2, 0.25) is 0 Å². The van der Waals surface area contributed by atoms with E-state index in [0.29, 0.717) is 12.0 Å². The largest absolute Gasteiger partial charge is 0.370 e. The number of nitrogens with zero attached hydrogens (tertiary/aromatic N) is 2. The van der Waals surface area contributed by atoms with Crippen molar-refractivity contribution in [1.82, 2.24) is 0 Å². The fourth-order valence-electron chi connectivity index (χ4n) is 2.34. The lowest BCUT2D eigenvalue weighted by molar-refractivity contribution is 0.579. The lowest BCUT2D eigenvalue weighted by Gasteiger charge is -2.26. The summed E-state index contributed by atoms with van der Waals surface area (Å²) < 4.78 is 12.9. The van der Waals surface area contributed by atoms with Gasteiger partial charge >= 0.3 is 0 Å². The molecule has 1 unspecified atom stereocenters. The lowest BCUT2D eigenvalue weighted by atomic mass is 10.1. The highest BCUT2D eigenvalue weighted by molar-refractivity contribution is 5.97. The van der Waals surface area contributed by atoms with Crippen LogP contribution in [0.5, 0.6) is 0 Å². The summed E-state index contributed by atoms with van der Waals surface area (Å²) in [6.45, 7) is 2.93. The van der Waals surface area contributed by atoms with Crippen LogP contribution in [0.3, 0.4) is 0 Å². The molecule has 0 saturated heterocycles. The molecule has 0 radical (unpaired) electrons. The third kappa shape index (κ3) is 2.81. The van der Waals surface area contributed by atoms with Crippen LogP contribution in [0, 0.1) is 5.82 Å². The number of aliphatic imine (C=N–C) groups is 1. The van der Waals surface area contributed by atoms with Crippen molar-refractivity contribution >= 4 is 11.6 Å². The number of hydrogen-bond acceptors (Lipinski definition) is 3. The molecule has 1 aromatic carbocycles. The molecule has 1 heterocycles. The first-order chi connectivity index (χ1) is 8.72. The van der Waals surface area contributed by atoms with Gasteiger partial charge in [-0.2, -0.15) is 0 Å². The van der Waals surface area contributed by atoms with Gasteiger partial charge in [-0.3, -0.25) is 4.99 Å². The molecular formula is C14H20FN3. The van der Waals surface area contributed by atoms with Gasteiger partial charge in [0, 0.05) is 5.69 Å². The van der Waals surface area contributed by atoms with Gasteiger partial charge in [-0.05, 0) is 30.7 Å². The summed E-state index contributed by atoms with van der Waals surface area (Å²) in [6.07, 6.45) is 4.70. The van der Waals surface area contributed by atoms with E-state index in [4.69, 9.17) is 5.73 Å². The summed E-state index contributed by atoms with van der Waals surface area (Å²) in [4.78, 5) is 6.33. The van der Waals surface area contributed by atoms with Crippen LogP contribution in [-0.4, -0.2) is 18.5 Å². The fraction of sp³-hybridized carbons (Fsp3) is 0.500. The second-order valence-corrected chi connectivity index (χ2v) is 4.69. The highest BCUT2D eigenvalue weighted by Gasteiger charge is 2.26. The van der Waals surface area contributed by atoms with Crippen LogP contribution in [0.1, 0.15) is 32.6 Å². The monoisotopic (exact) mass is 249 g/mol. The minimum absolute atomic E-state index is 0.226. The van der Waals surface area contributed by atoms with Crippen molar-refractivity contribution in [1.29, 1.82) is 0 Å². The number of benzene rings is 1. The highest BCUT2D eigenvalue weighted by Crippen LogP contribution is 2.24. The highest BCUT2D eigenvalue weighted by atomic mass is 19.1. The maximum Gasteiger partial charge on any atom is 0.196 e. The third-order valence-electron chi connectivity index (χ3n) is 3.32. The molecule has 0 spiro atoms. The van der Waals surface area contributed by atoms with Crippen molar-refractivity contribution in [2.45, 2.75) is 38.6 Å². The minimum atomic E-state index is -0.226. The van der Waals surface area contributed by atoms with Crippen LogP contribution in [0.25, 0.3) is 0 Å². The van der Waals surface area contributed by atoms with E-state index >= 15 is 0 Å². The van der Waals surface area contributed by atoms with E-state index in [2.05, 4.69) is 11.9 Å². The number of unbranched alkanes of at least 4 members (excludes halogenated alkanes) is 2. The molecule has 18 heavy (non-hydrogen) atoms. The van der Waals surface area contributed by atoms with Gasteiger partial charge in [0.1, 0.15) is 5.82 Å². The maximum absolute atomic E-state index is 12.9. The molecule has 2 N–H and O–H groups in total. The molecule has 1 aromatic rings. The van der Waals surface area contributed by atoms with E-state index < -0.39 is 0 Å². The Balaban J connectivity index is 2.07. The molecule has 1 aliphatic rings. The Morgan fingerprint density at radius 2 is 2.06 bits per heavy atom. The summed E-state index contributed by atoms with van der Waals surface area (Å²) in [5.41, 5.74) is 6.85. The second kappa shape index (κ2) is 5.85.